The standard InChI is InChI=1S/C31H44F6O4/c1-27(2,40)14-4-7-21(9-6-16-29(41,30(32,33)34)31(35,36)37)25-12-13-26-22(8-5-15-28(25,26)3)11-10-20-17-23(38)19-24(39)18-20/h10-11,21,23-26,38-41H,4-5,7-9,12-15,17-19H2,1-3H3/b20-10?,22-11+/t21-,23+,24?,25+,26-,28+/m0/s1. The number of hydrogen-bond acceptors (Lipinski definition) is 4. The summed E-state index contributed by atoms with van der Waals surface area (Å²) in [4.78, 5) is 0. The van der Waals surface area contributed by atoms with E-state index in [9.17, 15) is 46.8 Å². The van der Waals surface area contributed by atoms with E-state index in [0.717, 1.165) is 43.6 Å². The van der Waals surface area contributed by atoms with Gasteiger partial charge in [-0.05, 0) is 107 Å². The van der Waals surface area contributed by atoms with Crippen LogP contribution >= 0.6 is 0 Å². The van der Waals surface area contributed by atoms with E-state index >= 15 is 0 Å². The third-order valence-electron chi connectivity index (χ3n) is 9.50. The van der Waals surface area contributed by atoms with Crippen molar-refractivity contribution < 1.29 is 46.8 Å². The highest BCUT2D eigenvalue weighted by Gasteiger charge is 2.70. The molecule has 0 bridgehead atoms. The molecule has 6 atom stereocenters. The minimum atomic E-state index is -5.99. The van der Waals surface area contributed by atoms with Crippen LogP contribution in [0.3, 0.4) is 0 Å². The fraction of sp³-hybridized carbons (Fsp3) is 0.806. The van der Waals surface area contributed by atoms with E-state index < -0.39 is 35.8 Å². The predicted molar refractivity (Wildman–Crippen MR) is 143 cm³/mol. The van der Waals surface area contributed by atoms with Crippen molar-refractivity contribution in [3.63, 3.8) is 0 Å². The quantitative estimate of drug-likeness (QED) is 0.194. The molecule has 0 heterocycles. The van der Waals surface area contributed by atoms with Crippen LogP contribution in [0.15, 0.2) is 23.3 Å². The fourth-order valence-electron chi connectivity index (χ4n) is 7.44. The van der Waals surface area contributed by atoms with E-state index in [1.54, 1.807) is 13.8 Å². The third kappa shape index (κ3) is 8.10. The highest BCUT2D eigenvalue weighted by molar-refractivity contribution is 5.27. The lowest BCUT2D eigenvalue weighted by atomic mass is 9.60. The smallest absolute Gasteiger partial charge is 0.393 e. The van der Waals surface area contributed by atoms with Crippen LogP contribution in [0.5, 0.6) is 0 Å². The molecule has 0 spiro atoms. The molecule has 41 heavy (non-hydrogen) atoms. The first-order valence-corrected chi connectivity index (χ1v) is 14.6. The summed E-state index contributed by atoms with van der Waals surface area (Å²) in [7, 11) is 0. The molecule has 3 saturated carbocycles. The summed E-state index contributed by atoms with van der Waals surface area (Å²) in [6.45, 7) is 5.46. The molecular formula is C31H44F6O4. The molecule has 4 nitrogen and oxygen atoms in total. The SMILES string of the molecule is CC(C)(O)CCC[C@@H](CC#CC(O)(C(F)(F)F)C(F)(F)F)[C@H]1CC[C@H]2/C(=C/C=C3CC(O)C[C@H](O)C3)CCC[C@]12C. The van der Waals surface area contributed by atoms with Crippen LogP contribution in [0.25, 0.3) is 0 Å². The van der Waals surface area contributed by atoms with E-state index in [2.05, 4.69) is 18.9 Å². The van der Waals surface area contributed by atoms with E-state index in [0.29, 0.717) is 38.5 Å². The Labute approximate surface area is 238 Å². The predicted octanol–water partition coefficient (Wildman–Crippen LogP) is 6.77. The second-order valence-electron chi connectivity index (χ2n) is 13.3. The summed E-state index contributed by atoms with van der Waals surface area (Å²) in [5, 5.41) is 39.7. The first-order chi connectivity index (χ1) is 18.8. The second kappa shape index (κ2) is 12.6. The average Bonchev–Trinajstić information content (AvgIpc) is 3.16. The molecule has 3 fully saturated rings. The Morgan fingerprint density at radius 3 is 2.15 bits per heavy atom. The minimum absolute atomic E-state index is 0.00292. The van der Waals surface area contributed by atoms with Crippen molar-refractivity contribution in [2.75, 3.05) is 0 Å². The Morgan fingerprint density at radius 2 is 1.59 bits per heavy atom. The van der Waals surface area contributed by atoms with Crippen molar-refractivity contribution in [2.45, 2.75) is 134 Å². The van der Waals surface area contributed by atoms with Crippen LogP contribution in [-0.2, 0) is 0 Å². The molecule has 0 amide bonds. The number of allylic oxidation sites excluding steroid dienone is 3. The summed E-state index contributed by atoms with van der Waals surface area (Å²) in [5.74, 6) is 3.13. The van der Waals surface area contributed by atoms with E-state index in [1.165, 1.54) is 5.57 Å². The Balaban J connectivity index is 1.87. The van der Waals surface area contributed by atoms with Crippen molar-refractivity contribution in [1.82, 2.24) is 0 Å². The monoisotopic (exact) mass is 594 g/mol. The first kappa shape index (κ1) is 34.0. The summed E-state index contributed by atoms with van der Waals surface area (Å²) < 4.78 is 79.2. The topological polar surface area (TPSA) is 80.9 Å². The number of hydrogen-bond donors (Lipinski definition) is 4. The number of aliphatic hydroxyl groups is 4. The van der Waals surface area contributed by atoms with E-state index in [4.69, 9.17) is 0 Å². The lowest BCUT2D eigenvalue weighted by Crippen LogP contribution is -2.55. The molecule has 0 aliphatic heterocycles. The summed E-state index contributed by atoms with van der Waals surface area (Å²) >= 11 is 0. The van der Waals surface area contributed by atoms with Gasteiger partial charge < -0.3 is 20.4 Å². The molecule has 3 aliphatic rings. The second-order valence-corrected chi connectivity index (χ2v) is 13.3. The van der Waals surface area contributed by atoms with Crippen molar-refractivity contribution in [2.24, 2.45) is 23.2 Å². The molecule has 1 unspecified atom stereocenters. The van der Waals surface area contributed by atoms with Crippen molar-refractivity contribution >= 4 is 0 Å². The van der Waals surface area contributed by atoms with Gasteiger partial charge in [-0.2, -0.15) is 26.3 Å². The van der Waals surface area contributed by atoms with Crippen LogP contribution in [0.2, 0.25) is 0 Å². The van der Waals surface area contributed by atoms with Crippen LogP contribution in [0, 0.1) is 35.0 Å². The maximum atomic E-state index is 13.2. The molecule has 234 valence electrons. The lowest BCUT2D eigenvalue weighted by molar-refractivity contribution is -0.343. The Bertz CT molecular complexity index is 1000. The Kier molecular flexibility index (Phi) is 10.4. The number of halogens is 6. The van der Waals surface area contributed by atoms with Gasteiger partial charge in [-0.1, -0.05) is 42.6 Å². The molecule has 10 heteroatoms. The lowest BCUT2D eigenvalue weighted by Gasteiger charge is -2.45. The Morgan fingerprint density at radius 1 is 0.976 bits per heavy atom. The van der Waals surface area contributed by atoms with Gasteiger partial charge in [0.15, 0.2) is 0 Å². The molecule has 0 aromatic carbocycles. The maximum Gasteiger partial charge on any atom is 0.438 e. The number of fused-ring (bicyclic) bond motifs is 1. The van der Waals surface area contributed by atoms with Gasteiger partial charge in [0.1, 0.15) is 0 Å². The van der Waals surface area contributed by atoms with Gasteiger partial charge in [0, 0.05) is 6.42 Å². The zero-order valence-corrected chi connectivity index (χ0v) is 24.1. The third-order valence-corrected chi connectivity index (χ3v) is 9.50. The highest BCUT2D eigenvalue weighted by atomic mass is 19.4. The molecule has 0 aromatic heterocycles. The fourth-order valence-corrected chi connectivity index (χ4v) is 7.44. The molecule has 0 radical (unpaired) electrons. The number of rotatable bonds is 7. The number of aliphatic hydroxyl groups excluding tert-OH is 2. The van der Waals surface area contributed by atoms with Gasteiger partial charge in [0.05, 0.1) is 17.8 Å². The Hall–Kier alpha value is -1.54. The first-order valence-electron chi connectivity index (χ1n) is 14.6. The largest absolute Gasteiger partial charge is 0.438 e. The van der Waals surface area contributed by atoms with Gasteiger partial charge in [-0.3, -0.25) is 0 Å². The zero-order chi connectivity index (χ0) is 30.9. The van der Waals surface area contributed by atoms with E-state index in [-0.39, 0.29) is 29.6 Å². The van der Waals surface area contributed by atoms with Crippen molar-refractivity contribution in [3.05, 3.63) is 23.3 Å². The summed E-state index contributed by atoms with van der Waals surface area (Å²) in [6, 6.07) is 0. The minimum Gasteiger partial charge on any atom is -0.393 e. The maximum absolute atomic E-state index is 13.2. The van der Waals surface area contributed by atoms with Crippen LogP contribution in [0.1, 0.15) is 97.8 Å². The van der Waals surface area contributed by atoms with Crippen LogP contribution < -0.4 is 0 Å². The summed E-state index contributed by atoms with van der Waals surface area (Å²) in [5.41, 5.74) is -4.05. The van der Waals surface area contributed by atoms with Gasteiger partial charge in [-0.25, -0.2) is 0 Å². The molecular weight excluding hydrogens is 550 g/mol. The van der Waals surface area contributed by atoms with Crippen molar-refractivity contribution in [1.29, 1.82) is 0 Å². The summed E-state index contributed by atoms with van der Waals surface area (Å²) in [6.07, 6.45) is -2.19. The highest BCUT2D eigenvalue weighted by Crippen LogP contribution is 2.60. The molecule has 4 N–H and O–H groups in total. The van der Waals surface area contributed by atoms with Crippen molar-refractivity contribution in [3.8, 4) is 11.8 Å². The van der Waals surface area contributed by atoms with Gasteiger partial charge in [0.2, 0.25) is 0 Å². The van der Waals surface area contributed by atoms with Gasteiger partial charge >= 0.3 is 18.0 Å². The molecule has 0 aromatic rings. The zero-order valence-electron chi connectivity index (χ0n) is 24.1. The molecule has 3 rings (SSSR count). The number of alkyl halides is 6. The van der Waals surface area contributed by atoms with E-state index in [1.807, 2.05) is 6.08 Å². The molecule has 3 aliphatic carbocycles. The van der Waals surface area contributed by atoms with Gasteiger partial charge in [-0.15, -0.1) is 0 Å². The van der Waals surface area contributed by atoms with Crippen LogP contribution in [0.4, 0.5) is 26.3 Å². The molecule has 0 saturated heterocycles. The van der Waals surface area contributed by atoms with Crippen LogP contribution in [-0.4, -0.2) is 56.2 Å². The van der Waals surface area contributed by atoms with Gasteiger partial charge in [0.25, 0.3) is 0 Å². The average molecular weight is 595 g/mol. The normalized spacial score (nSPS) is 32.5.